The minimum atomic E-state index is -3.85. The van der Waals surface area contributed by atoms with E-state index in [2.05, 4.69) is 45.0 Å². The Morgan fingerprint density at radius 3 is 2.39 bits per heavy atom. The SMILES string of the molecule is Cc1cccc2sc(N3CCN(CCNC(=O)c4ccc(NS(=O)(=O)c5ccc(F)cc5)cc4)CC3)nc12. The standard InChI is InChI=1S/C27H28FN5O3S2/c1-19-3-2-4-24-25(19)30-27(37-24)33-17-15-32(16-18-33)14-13-29-26(34)20-5-9-22(10-6-20)31-38(35,36)23-11-7-21(28)8-12-23/h2-12,31H,13-18H2,1H3,(H,29,34). The van der Waals surface area contributed by atoms with Crippen molar-refractivity contribution in [2.75, 3.05) is 48.9 Å². The molecule has 11 heteroatoms. The second-order valence-electron chi connectivity index (χ2n) is 9.14. The minimum absolute atomic E-state index is 0.0447. The number of hydrogen-bond acceptors (Lipinski definition) is 7. The Morgan fingerprint density at radius 1 is 1.00 bits per heavy atom. The van der Waals surface area contributed by atoms with Gasteiger partial charge >= 0.3 is 0 Å². The quantitative estimate of drug-likeness (QED) is 0.341. The van der Waals surface area contributed by atoms with Gasteiger partial charge in [-0.05, 0) is 67.1 Å². The van der Waals surface area contributed by atoms with Crippen LogP contribution >= 0.6 is 11.3 Å². The Labute approximate surface area is 225 Å². The zero-order chi connectivity index (χ0) is 26.7. The van der Waals surface area contributed by atoms with Crippen molar-refractivity contribution in [3.8, 4) is 0 Å². The highest BCUT2D eigenvalue weighted by atomic mass is 32.2. The van der Waals surface area contributed by atoms with Crippen molar-refractivity contribution in [1.82, 2.24) is 15.2 Å². The third-order valence-electron chi connectivity index (χ3n) is 6.49. The van der Waals surface area contributed by atoms with Gasteiger partial charge in [0.25, 0.3) is 15.9 Å². The predicted octanol–water partition coefficient (Wildman–Crippen LogP) is 4.10. The van der Waals surface area contributed by atoms with Crippen LogP contribution in [0.3, 0.4) is 0 Å². The van der Waals surface area contributed by atoms with Crippen LogP contribution in [0.25, 0.3) is 10.2 Å². The molecule has 0 radical (unpaired) electrons. The van der Waals surface area contributed by atoms with Gasteiger partial charge in [0.05, 0.1) is 15.1 Å². The molecular formula is C27H28FN5O3S2. The van der Waals surface area contributed by atoms with Gasteiger partial charge in [0.1, 0.15) is 5.82 Å². The lowest BCUT2D eigenvalue weighted by Crippen LogP contribution is -2.48. The van der Waals surface area contributed by atoms with Crippen LogP contribution in [-0.4, -0.2) is 63.5 Å². The van der Waals surface area contributed by atoms with E-state index in [1.807, 2.05) is 0 Å². The van der Waals surface area contributed by atoms with Crippen molar-refractivity contribution in [1.29, 1.82) is 0 Å². The maximum absolute atomic E-state index is 13.1. The highest BCUT2D eigenvalue weighted by Crippen LogP contribution is 2.31. The highest BCUT2D eigenvalue weighted by molar-refractivity contribution is 7.92. The summed E-state index contributed by atoms with van der Waals surface area (Å²) < 4.78 is 41.6. The van der Waals surface area contributed by atoms with Gasteiger partial charge in [-0.3, -0.25) is 14.4 Å². The molecular weight excluding hydrogens is 525 g/mol. The van der Waals surface area contributed by atoms with Crippen molar-refractivity contribution in [3.63, 3.8) is 0 Å². The summed E-state index contributed by atoms with van der Waals surface area (Å²) in [5, 5.41) is 3.99. The monoisotopic (exact) mass is 553 g/mol. The van der Waals surface area contributed by atoms with E-state index in [0.29, 0.717) is 17.8 Å². The van der Waals surface area contributed by atoms with E-state index in [-0.39, 0.29) is 10.8 Å². The molecule has 0 spiro atoms. The topological polar surface area (TPSA) is 94.6 Å². The number of rotatable bonds is 8. The lowest BCUT2D eigenvalue weighted by molar-refractivity contribution is 0.0948. The first-order chi connectivity index (χ1) is 18.3. The molecule has 1 amide bonds. The molecule has 1 fully saturated rings. The summed E-state index contributed by atoms with van der Waals surface area (Å²) in [5.41, 5.74) is 3.02. The number of aryl methyl sites for hydroxylation is 1. The summed E-state index contributed by atoms with van der Waals surface area (Å²) in [6.07, 6.45) is 0. The first-order valence-electron chi connectivity index (χ1n) is 12.3. The van der Waals surface area contributed by atoms with Gasteiger partial charge in [-0.2, -0.15) is 0 Å². The van der Waals surface area contributed by atoms with Crippen LogP contribution in [0.2, 0.25) is 0 Å². The van der Waals surface area contributed by atoms with Gasteiger partial charge < -0.3 is 10.2 Å². The number of sulfonamides is 1. The van der Waals surface area contributed by atoms with E-state index in [9.17, 15) is 17.6 Å². The van der Waals surface area contributed by atoms with Gasteiger partial charge in [0.15, 0.2) is 5.13 Å². The summed E-state index contributed by atoms with van der Waals surface area (Å²) in [4.78, 5) is 22.0. The number of thiazole rings is 1. The summed E-state index contributed by atoms with van der Waals surface area (Å²) >= 11 is 1.73. The molecule has 0 unspecified atom stereocenters. The van der Waals surface area contributed by atoms with Crippen LogP contribution < -0.4 is 14.9 Å². The predicted molar refractivity (Wildman–Crippen MR) is 149 cm³/mol. The number of fused-ring (bicyclic) bond motifs is 1. The van der Waals surface area contributed by atoms with Gasteiger partial charge in [-0.15, -0.1) is 0 Å². The Hall–Kier alpha value is -3.54. The molecule has 5 rings (SSSR count). The number of hydrogen-bond donors (Lipinski definition) is 2. The summed E-state index contributed by atoms with van der Waals surface area (Å²) in [7, 11) is -3.85. The molecule has 198 valence electrons. The third-order valence-corrected chi connectivity index (χ3v) is 8.97. The average Bonchev–Trinajstić information content (AvgIpc) is 3.35. The molecule has 4 aromatic rings. The maximum atomic E-state index is 13.1. The fourth-order valence-electron chi connectivity index (χ4n) is 4.32. The average molecular weight is 554 g/mol. The number of aromatic nitrogens is 1. The number of para-hydroxylation sites is 1. The molecule has 1 saturated heterocycles. The van der Waals surface area contributed by atoms with Crippen molar-refractivity contribution < 1.29 is 17.6 Å². The lowest BCUT2D eigenvalue weighted by Gasteiger charge is -2.34. The van der Waals surface area contributed by atoms with Crippen molar-refractivity contribution in [2.45, 2.75) is 11.8 Å². The highest BCUT2D eigenvalue weighted by Gasteiger charge is 2.20. The molecule has 0 saturated carbocycles. The summed E-state index contributed by atoms with van der Waals surface area (Å²) in [6, 6.07) is 17.0. The van der Waals surface area contributed by atoms with Gasteiger partial charge in [-0.25, -0.2) is 17.8 Å². The van der Waals surface area contributed by atoms with E-state index in [1.54, 1.807) is 23.5 Å². The van der Waals surface area contributed by atoms with Gasteiger partial charge in [0, 0.05) is 50.5 Å². The molecule has 0 atom stereocenters. The van der Waals surface area contributed by atoms with Crippen LogP contribution in [0.4, 0.5) is 15.2 Å². The maximum Gasteiger partial charge on any atom is 0.261 e. The number of piperazine rings is 1. The van der Waals surface area contributed by atoms with E-state index in [1.165, 1.54) is 34.5 Å². The second-order valence-corrected chi connectivity index (χ2v) is 11.8. The fourth-order valence-corrected chi connectivity index (χ4v) is 6.47. The number of carbonyl (C=O) groups excluding carboxylic acids is 1. The van der Waals surface area contributed by atoms with Gasteiger partial charge in [0.2, 0.25) is 0 Å². The largest absolute Gasteiger partial charge is 0.351 e. The number of carbonyl (C=O) groups is 1. The Balaban J connectivity index is 1.07. The first-order valence-corrected chi connectivity index (χ1v) is 14.6. The second kappa shape index (κ2) is 11.1. The number of nitrogens with zero attached hydrogens (tertiary/aromatic N) is 3. The van der Waals surface area contributed by atoms with Crippen LogP contribution in [0.1, 0.15) is 15.9 Å². The molecule has 8 nitrogen and oxygen atoms in total. The third kappa shape index (κ3) is 5.95. The summed E-state index contributed by atoms with van der Waals surface area (Å²) in [6.45, 7) is 6.92. The molecule has 1 aromatic heterocycles. The van der Waals surface area contributed by atoms with Crippen LogP contribution in [0.15, 0.2) is 71.6 Å². The number of nitrogens with one attached hydrogen (secondary N) is 2. The fraction of sp³-hybridized carbons (Fsp3) is 0.259. The van der Waals surface area contributed by atoms with Crippen molar-refractivity contribution in [3.05, 3.63) is 83.7 Å². The van der Waals surface area contributed by atoms with Gasteiger partial charge in [-0.1, -0.05) is 23.5 Å². The molecule has 0 bridgehead atoms. The zero-order valence-corrected chi connectivity index (χ0v) is 22.5. The number of anilines is 2. The minimum Gasteiger partial charge on any atom is -0.351 e. The Bertz CT molecular complexity index is 1530. The van der Waals surface area contributed by atoms with Crippen molar-refractivity contribution in [2.24, 2.45) is 0 Å². The molecule has 1 aliphatic heterocycles. The van der Waals surface area contributed by atoms with Crippen molar-refractivity contribution >= 4 is 48.3 Å². The number of amides is 1. The smallest absolute Gasteiger partial charge is 0.261 e. The first kappa shape index (κ1) is 26.1. The molecule has 0 aliphatic carbocycles. The van der Waals surface area contributed by atoms with Crippen LogP contribution in [0, 0.1) is 12.7 Å². The van der Waals surface area contributed by atoms with Crippen LogP contribution in [0.5, 0.6) is 0 Å². The normalized spacial score (nSPS) is 14.5. The number of halogens is 1. The van der Waals surface area contributed by atoms with E-state index >= 15 is 0 Å². The van der Waals surface area contributed by atoms with E-state index in [0.717, 1.165) is 55.5 Å². The zero-order valence-electron chi connectivity index (χ0n) is 20.9. The van der Waals surface area contributed by atoms with E-state index in [4.69, 9.17) is 4.98 Å². The summed E-state index contributed by atoms with van der Waals surface area (Å²) in [5.74, 6) is -0.734. The molecule has 3 aromatic carbocycles. The van der Waals surface area contributed by atoms with E-state index < -0.39 is 15.8 Å². The Kier molecular flexibility index (Phi) is 7.59. The number of benzene rings is 3. The molecule has 1 aliphatic rings. The Morgan fingerprint density at radius 2 is 1.71 bits per heavy atom. The molecule has 38 heavy (non-hydrogen) atoms. The lowest BCUT2D eigenvalue weighted by atomic mass is 10.2. The van der Waals surface area contributed by atoms with Crippen LogP contribution in [-0.2, 0) is 10.0 Å². The molecule has 2 heterocycles. The molecule has 2 N–H and O–H groups in total.